The van der Waals surface area contributed by atoms with Crippen LogP contribution in [-0.4, -0.2) is 27.4 Å². The van der Waals surface area contributed by atoms with Gasteiger partial charge in [-0.1, -0.05) is 18.2 Å². The maximum atomic E-state index is 12.1. The van der Waals surface area contributed by atoms with Crippen molar-refractivity contribution in [3.8, 4) is 0 Å². The van der Waals surface area contributed by atoms with Gasteiger partial charge >= 0.3 is 0 Å². The van der Waals surface area contributed by atoms with E-state index in [4.69, 9.17) is 16.6 Å². The average molecular weight is 346 g/mol. The number of carbonyl (C=O) groups excluding carboxylic acids is 1. The Kier molecular flexibility index (Phi) is 4.68. The Balaban J connectivity index is 1.60. The zero-order chi connectivity index (χ0) is 16.2. The highest BCUT2D eigenvalue weighted by molar-refractivity contribution is 7.85. The third-order valence-electron chi connectivity index (χ3n) is 3.26. The number of nitrogens with one attached hydrogen (secondary N) is 2. The summed E-state index contributed by atoms with van der Waals surface area (Å²) in [5.41, 5.74) is 1.76. The average Bonchev–Trinajstić information content (AvgIpc) is 2.94. The SMILES string of the molecule is O=C(NCCS(=O)c1ccccc1)c1ccc2[nH]c(=S)oc2c1. The number of oxazole rings is 1. The van der Waals surface area contributed by atoms with Crippen molar-refractivity contribution in [1.82, 2.24) is 10.3 Å². The minimum atomic E-state index is -1.13. The number of aromatic nitrogens is 1. The Morgan fingerprint density at radius 2 is 2.00 bits per heavy atom. The van der Waals surface area contributed by atoms with E-state index in [-0.39, 0.29) is 10.7 Å². The molecule has 1 heterocycles. The first-order chi connectivity index (χ1) is 11.1. The highest BCUT2D eigenvalue weighted by atomic mass is 32.2. The van der Waals surface area contributed by atoms with Gasteiger partial charge in [0, 0.05) is 22.8 Å². The molecule has 2 N–H and O–H groups in total. The number of benzene rings is 2. The smallest absolute Gasteiger partial charge is 0.266 e. The number of aromatic amines is 1. The van der Waals surface area contributed by atoms with Gasteiger partial charge in [-0.2, -0.15) is 0 Å². The summed E-state index contributed by atoms with van der Waals surface area (Å²) in [4.78, 5) is 16.0. The van der Waals surface area contributed by atoms with Crippen molar-refractivity contribution < 1.29 is 13.4 Å². The predicted octanol–water partition coefficient (Wildman–Crippen LogP) is 3.03. The summed E-state index contributed by atoms with van der Waals surface area (Å²) < 4.78 is 17.4. The zero-order valence-corrected chi connectivity index (χ0v) is 13.7. The van der Waals surface area contributed by atoms with E-state index < -0.39 is 10.8 Å². The fraction of sp³-hybridized carbons (Fsp3) is 0.125. The fourth-order valence-corrected chi connectivity index (χ4v) is 3.32. The summed E-state index contributed by atoms with van der Waals surface area (Å²) in [6.07, 6.45) is 0. The van der Waals surface area contributed by atoms with Gasteiger partial charge < -0.3 is 14.7 Å². The summed E-state index contributed by atoms with van der Waals surface area (Å²) in [5, 5.41) is 2.76. The van der Waals surface area contributed by atoms with Crippen LogP contribution in [0, 0.1) is 4.84 Å². The van der Waals surface area contributed by atoms with Crippen LogP contribution in [0.5, 0.6) is 0 Å². The third-order valence-corrected chi connectivity index (χ3v) is 4.82. The molecule has 0 aliphatic carbocycles. The van der Waals surface area contributed by atoms with Crippen LogP contribution in [0.3, 0.4) is 0 Å². The predicted molar refractivity (Wildman–Crippen MR) is 91.4 cm³/mol. The quantitative estimate of drug-likeness (QED) is 0.696. The molecule has 5 nitrogen and oxygen atoms in total. The molecule has 2 aromatic carbocycles. The van der Waals surface area contributed by atoms with Crippen molar-refractivity contribution >= 4 is 40.0 Å². The Morgan fingerprint density at radius 3 is 2.78 bits per heavy atom. The first-order valence-electron chi connectivity index (χ1n) is 6.98. The summed E-state index contributed by atoms with van der Waals surface area (Å²) in [6, 6.07) is 14.2. The molecule has 1 atom stereocenters. The Hall–Kier alpha value is -2.25. The van der Waals surface area contributed by atoms with Crippen molar-refractivity contribution in [1.29, 1.82) is 0 Å². The van der Waals surface area contributed by atoms with Crippen LogP contribution in [0.2, 0.25) is 0 Å². The molecule has 0 spiro atoms. The lowest BCUT2D eigenvalue weighted by Crippen LogP contribution is -2.27. The van der Waals surface area contributed by atoms with E-state index in [0.717, 1.165) is 10.4 Å². The van der Waals surface area contributed by atoms with Crippen LogP contribution in [0.25, 0.3) is 11.1 Å². The lowest BCUT2D eigenvalue weighted by molar-refractivity contribution is 0.0956. The van der Waals surface area contributed by atoms with Crippen molar-refractivity contribution in [3.05, 3.63) is 58.9 Å². The number of hydrogen-bond acceptors (Lipinski definition) is 4. The number of hydrogen-bond donors (Lipinski definition) is 2. The summed E-state index contributed by atoms with van der Waals surface area (Å²) in [5.74, 6) is 0.127. The van der Waals surface area contributed by atoms with E-state index in [9.17, 15) is 9.00 Å². The molecule has 7 heteroatoms. The fourth-order valence-electron chi connectivity index (χ4n) is 2.14. The van der Waals surface area contributed by atoms with Crippen LogP contribution >= 0.6 is 12.2 Å². The maximum Gasteiger partial charge on any atom is 0.266 e. The van der Waals surface area contributed by atoms with Gasteiger partial charge in [-0.05, 0) is 42.5 Å². The van der Waals surface area contributed by atoms with Crippen LogP contribution in [-0.2, 0) is 10.8 Å². The van der Waals surface area contributed by atoms with Gasteiger partial charge in [-0.3, -0.25) is 9.00 Å². The molecule has 0 aliphatic heterocycles. The van der Waals surface area contributed by atoms with Gasteiger partial charge in [0.15, 0.2) is 5.58 Å². The molecule has 0 fully saturated rings. The van der Waals surface area contributed by atoms with Gasteiger partial charge in [-0.25, -0.2) is 0 Å². The molecular weight excluding hydrogens is 332 g/mol. The summed E-state index contributed by atoms with van der Waals surface area (Å²) in [7, 11) is -1.13. The number of H-pyrrole nitrogens is 1. The zero-order valence-electron chi connectivity index (χ0n) is 12.1. The van der Waals surface area contributed by atoms with E-state index in [1.165, 1.54) is 0 Å². The van der Waals surface area contributed by atoms with Crippen molar-refractivity contribution in [2.45, 2.75) is 4.90 Å². The van der Waals surface area contributed by atoms with Gasteiger partial charge in [0.25, 0.3) is 10.7 Å². The molecule has 0 bridgehead atoms. The molecule has 0 radical (unpaired) electrons. The molecule has 3 aromatic rings. The van der Waals surface area contributed by atoms with Crippen LogP contribution in [0.4, 0.5) is 0 Å². The van der Waals surface area contributed by atoms with Crippen molar-refractivity contribution in [2.75, 3.05) is 12.3 Å². The first-order valence-corrected chi connectivity index (χ1v) is 8.71. The summed E-state index contributed by atoms with van der Waals surface area (Å²) >= 11 is 4.91. The molecule has 1 amide bonds. The normalized spacial score (nSPS) is 12.2. The monoisotopic (exact) mass is 346 g/mol. The highest BCUT2D eigenvalue weighted by Crippen LogP contribution is 2.15. The molecule has 0 saturated heterocycles. The Morgan fingerprint density at radius 1 is 1.22 bits per heavy atom. The molecular formula is C16H14N2O3S2. The van der Waals surface area contributed by atoms with Crippen LogP contribution < -0.4 is 5.32 Å². The van der Waals surface area contributed by atoms with Gasteiger partial charge in [0.05, 0.1) is 16.3 Å². The Labute approximate surface area is 140 Å². The van der Waals surface area contributed by atoms with Crippen molar-refractivity contribution in [3.63, 3.8) is 0 Å². The first kappa shape index (κ1) is 15.6. The minimum Gasteiger partial charge on any atom is -0.429 e. The second-order valence-electron chi connectivity index (χ2n) is 4.84. The second-order valence-corrected chi connectivity index (χ2v) is 6.79. The lowest BCUT2D eigenvalue weighted by atomic mass is 10.2. The van der Waals surface area contributed by atoms with E-state index >= 15 is 0 Å². The van der Waals surface area contributed by atoms with E-state index in [0.29, 0.717) is 23.4 Å². The lowest BCUT2D eigenvalue weighted by Gasteiger charge is -2.05. The number of fused-ring (bicyclic) bond motifs is 1. The number of rotatable bonds is 5. The van der Waals surface area contributed by atoms with Gasteiger partial charge in [0.2, 0.25) is 0 Å². The van der Waals surface area contributed by atoms with Crippen molar-refractivity contribution in [2.24, 2.45) is 0 Å². The summed E-state index contributed by atoms with van der Waals surface area (Å²) in [6.45, 7) is 0.328. The topological polar surface area (TPSA) is 75.1 Å². The minimum absolute atomic E-state index is 0.237. The van der Waals surface area contributed by atoms with Gasteiger partial charge in [0.1, 0.15) is 0 Å². The molecule has 0 aliphatic rings. The molecule has 23 heavy (non-hydrogen) atoms. The van der Waals surface area contributed by atoms with E-state index in [2.05, 4.69) is 10.3 Å². The molecule has 1 unspecified atom stereocenters. The maximum absolute atomic E-state index is 12.1. The Bertz CT molecular complexity index is 916. The number of amides is 1. The molecule has 0 saturated carbocycles. The molecule has 118 valence electrons. The largest absolute Gasteiger partial charge is 0.429 e. The van der Waals surface area contributed by atoms with E-state index in [1.54, 1.807) is 18.2 Å². The standard InChI is InChI=1S/C16H14N2O3S2/c19-15(11-6-7-13-14(10-11)21-16(22)18-13)17-8-9-23(20)12-4-2-1-3-5-12/h1-7,10H,8-9H2,(H,17,19)(H,18,22). The molecule has 3 rings (SSSR count). The third kappa shape index (κ3) is 3.75. The van der Waals surface area contributed by atoms with Crippen LogP contribution in [0.15, 0.2) is 57.8 Å². The highest BCUT2D eigenvalue weighted by Gasteiger charge is 2.09. The van der Waals surface area contributed by atoms with Gasteiger partial charge in [-0.15, -0.1) is 0 Å². The molecule has 1 aromatic heterocycles. The van der Waals surface area contributed by atoms with E-state index in [1.807, 2.05) is 30.3 Å². The second kappa shape index (κ2) is 6.89. The number of carbonyl (C=O) groups is 1. The van der Waals surface area contributed by atoms with Crippen LogP contribution in [0.1, 0.15) is 10.4 Å².